The monoisotopic (exact) mass is 261 g/mol. The largest absolute Gasteiger partial charge is 0.481 e. The molecule has 1 saturated carbocycles. The van der Waals surface area contributed by atoms with Crippen LogP contribution < -0.4 is 5.32 Å². The molecule has 0 heterocycles. The number of aliphatic hydroxyl groups is 2. The topological polar surface area (TPSA) is 99.0 Å². The lowest BCUT2D eigenvalue weighted by Gasteiger charge is -2.35. The predicted octanol–water partition coefficient (Wildman–Crippen LogP) is -0.411. The number of hydrogen-bond donors (Lipinski definition) is 4. The molecule has 18 heavy (non-hydrogen) atoms. The molecular formula is C12H23NO5. The summed E-state index contributed by atoms with van der Waals surface area (Å²) in [4.78, 5) is 10.8. The second kappa shape index (κ2) is 7.04. The van der Waals surface area contributed by atoms with Gasteiger partial charge in [0.05, 0.1) is 24.2 Å². The first kappa shape index (κ1) is 15.4. The van der Waals surface area contributed by atoms with Crippen molar-refractivity contribution in [2.45, 2.75) is 37.4 Å². The van der Waals surface area contributed by atoms with Crippen molar-refractivity contribution in [3.05, 3.63) is 0 Å². The number of nitrogens with one attached hydrogen (secondary N) is 1. The molecule has 0 aromatic rings. The lowest BCUT2D eigenvalue weighted by molar-refractivity contribution is -0.144. The van der Waals surface area contributed by atoms with Crippen molar-refractivity contribution in [1.82, 2.24) is 5.32 Å². The Morgan fingerprint density at radius 2 is 2.11 bits per heavy atom. The van der Waals surface area contributed by atoms with Gasteiger partial charge in [0.2, 0.25) is 0 Å². The molecule has 1 aliphatic rings. The van der Waals surface area contributed by atoms with Crippen LogP contribution in [0.5, 0.6) is 0 Å². The fourth-order valence-electron chi connectivity index (χ4n) is 2.30. The van der Waals surface area contributed by atoms with E-state index in [-0.39, 0.29) is 12.5 Å². The smallest absolute Gasteiger partial charge is 0.306 e. The molecule has 4 N–H and O–H groups in total. The Morgan fingerprint density at radius 3 is 2.61 bits per heavy atom. The number of ether oxygens (including phenoxy) is 1. The van der Waals surface area contributed by atoms with Gasteiger partial charge in [-0.25, -0.2) is 0 Å². The quantitative estimate of drug-likeness (QED) is 0.497. The van der Waals surface area contributed by atoms with Gasteiger partial charge in [0.25, 0.3) is 0 Å². The average Bonchev–Trinajstić information content (AvgIpc) is 2.29. The highest BCUT2D eigenvalue weighted by atomic mass is 16.5. The molecule has 106 valence electrons. The summed E-state index contributed by atoms with van der Waals surface area (Å²) < 4.78 is 4.79. The summed E-state index contributed by atoms with van der Waals surface area (Å²) in [6.45, 7) is 0.991. The van der Waals surface area contributed by atoms with E-state index < -0.39 is 17.7 Å². The van der Waals surface area contributed by atoms with Crippen LogP contribution in [-0.2, 0) is 9.53 Å². The molecule has 1 unspecified atom stereocenters. The Morgan fingerprint density at radius 1 is 1.50 bits per heavy atom. The fraction of sp³-hybridized carbons (Fsp3) is 0.917. The van der Waals surface area contributed by atoms with Crippen LogP contribution in [0.4, 0.5) is 0 Å². The predicted molar refractivity (Wildman–Crippen MR) is 65.3 cm³/mol. The molecule has 1 atom stereocenters. The molecule has 0 aliphatic heterocycles. The van der Waals surface area contributed by atoms with Gasteiger partial charge >= 0.3 is 5.97 Å². The van der Waals surface area contributed by atoms with Crippen LogP contribution in [0.15, 0.2) is 0 Å². The second-order valence-corrected chi connectivity index (χ2v) is 5.08. The van der Waals surface area contributed by atoms with Crippen LogP contribution in [0.25, 0.3) is 0 Å². The number of aliphatic carboxylic acids is 1. The van der Waals surface area contributed by atoms with E-state index in [4.69, 9.17) is 9.84 Å². The first-order valence-electron chi connectivity index (χ1n) is 6.30. The van der Waals surface area contributed by atoms with Crippen LogP contribution in [0.3, 0.4) is 0 Å². The van der Waals surface area contributed by atoms with Gasteiger partial charge in [-0.3, -0.25) is 4.79 Å². The van der Waals surface area contributed by atoms with Crippen LogP contribution in [-0.4, -0.2) is 59.8 Å². The highest BCUT2D eigenvalue weighted by Gasteiger charge is 2.35. The molecule has 0 aromatic heterocycles. The summed E-state index contributed by atoms with van der Waals surface area (Å²) in [5.41, 5.74) is -0.848. The first-order valence-corrected chi connectivity index (χ1v) is 6.30. The second-order valence-electron chi connectivity index (χ2n) is 5.08. The zero-order valence-corrected chi connectivity index (χ0v) is 10.8. The van der Waals surface area contributed by atoms with Crippen molar-refractivity contribution in [2.24, 2.45) is 5.92 Å². The highest BCUT2D eigenvalue weighted by molar-refractivity contribution is 5.70. The minimum absolute atomic E-state index is 0.256. The molecule has 6 nitrogen and oxygen atoms in total. The summed E-state index contributed by atoms with van der Waals surface area (Å²) in [7, 11) is 1.52. The standard InChI is InChI=1S/C12H23NO5/c1-18-7-10(14)6-13-8-12(17)4-2-9(3-5-12)11(15)16/h9-10,13-14,17H,2-8H2,1H3,(H,15,16). The molecule has 1 rings (SSSR count). The molecule has 0 saturated heterocycles. The van der Waals surface area contributed by atoms with Gasteiger partial charge in [-0.15, -0.1) is 0 Å². The summed E-state index contributed by atoms with van der Waals surface area (Å²) in [5, 5.41) is 31.5. The van der Waals surface area contributed by atoms with Gasteiger partial charge in [-0.2, -0.15) is 0 Å². The maximum atomic E-state index is 10.8. The summed E-state index contributed by atoms with van der Waals surface area (Å²) in [5.74, 6) is -1.11. The lowest BCUT2D eigenvalue weighted by atomic mass is 9.79. The van der Waals surface area contributed by atoms with Crippen molar-refractivity contribution < 1.29 is 24.9 Å². The zero-order valence-electron chi connectivity index (χ0n) is 10.8. The molecule has 0 radical (unpaired) electrons. The van der Waals surface area contributed by atoms with Crippen LogP contribution in [0, 0.1) is 5.92 Å². The third-order valence-corrected chi connectivity index (χ3v) is 3.46. The number of hydrogen-bond acceptors (Lipinski definition) is 5. The SMILES string of the molecule is COCC(O)CNCC1(O)CCC(C(=O)O)CC1. The highest BCUT2D eigenvalue weighted by Crippen LogP contribution is 2.31. The molecule has 6 heteroatoms. The Labute approximate surface area is 107 Å². The van der Waals surface area contributed by atoms with Crippen molar-refractivity contribution in [3.8, 4) is 0 Å². The van der Waals surface area contributed by atoms with Gasteiger partial charge in [0, 0.05) is 20.2 Å². The number of carboxylic acid groups (broad SMARTS) is 1. The van der Waals surface area contributed by atoms with Crippen LogP contribution >= 0.6 is 0 Å². The Bertz CT molecular complexity index is 263. The van der Waals surface area contributed by atoms with Crippen molar-refractivity contribution >= 4 is 5.97 Å². The van der Waals surface area contributed by atoms with Gasteiger partial charge in [-0.1, -0.05) is 0 Å². The van der Waals surface area contributed by atoms with E-state index in [9.17, 15) is 15.0 Å². The van der Waals surface area contributed by atoms with Gasteiger partial charge in [0.1, 0.15) is 0 Å². The van der Waals surface area contributed by atoms with E-state index in [1.165, 1.54) is 7.11 Å². The molecule has 0 amide bonds. The number of aliphatic hydroxyl groups excluding tert-OH is 1. The number of methoxy groups -OCH3 is 1. The summed E-state index contributed by atoms with van der Waals surface area (Å²) in [6.07, 6.45) is 1.39. The van der Waals surface area contributed by atoms with Crippen molar-refractivity contribution in [3.63, 3.8) is 0 Å². The van der Waals surface area contributed by atoms with Crippen LogP contribution in [0.2, 0.25) is 0 Å². The van der Waals surface area contributed by atoms with Crippen LogP contribution in [0.1, 0.15) is 25.7 Å². The molecule has 0 spiro atoms. The first-order chi connectivity index (χ1) is 8.47. The van der Waals surface area contributed by atoms with E-state index in [0.29, 0.717) is 38.8 Å². The fourth-order valence-corrected chi connectivity index (χ4v) is 2.30. The van der Waals surface area contributed by atoms with E-state index in [0.717, 1.165) is 0 Å². The minimum Gasteiger partial charge on any atom is -0.481 e. The molecular weight excluding hydrogens is 238 g/mol. The summed E-state index contributed by atoms with van der Waals surface area (Å²) in [6, 6.07) is 0. The number of carbonyl (C=O) groups is 1. The normalized spacial score (nSPS) is 30.1. The van der Waals surface area contributed by atoms with E-state index in [1.54, 1.807) is 0 Å². The third-order valence-electron chi connectivity index (χ3n) is 3.46. The number of carboxylic acids is 1. The molecule has 0 bridgehead atoms. The van der Waals surface area contributed by atoms with E-state index >= 15 is 0 Å². The summed E-state index contributed by atoms with van der Waals surface area (Å²) >= 11 is 0. The zero-order chi connectivity index (χ0) is 13.6. The third kappa shape index (κ3) is 4.89. The van der Waals surface area contributed by atoms with Gasteiger partial charge < -0.3 is 25.4 Å². The average molecular weight is 261 g/mol. The molecule has 0 aromatic carbocycles. The maximum Gasteiger partial charge on any atom is 0.306 e. The van der Waals surface area contributed by atoms with E-state index in [2.05, 4.69) is 5.32 Å². The van der Waals surface area contributed by atoms with Crippen molar-refractivity contribution in [2.75, 3.05) is 26.8 Å². The van der Waals surface area contributed by atoms with Gasteiger partial charge in [-0.05, 0) is 25.7 Å². The molecule has 1 aliphatic carbocycles. The Hall–Kier alpha value is -0.690. The lowest BCUT2D eigenvalue weighted by Crippen LogP contribution is -2.46. The Kier molecular flexibility index (Phi) is 6.01. The molecule has 1 fully saturated rings. The van der Waals surface area contributed by atoms with Gasteiger partial charge in [0.15, 0.2) is 0 Å². The van der Waals surface area contributed by atoms with E-state index in [1.807, 2.05) is 0 Å². The number of rotatable bonds is 7. The Balaban J connectivity index is 2.24. The maximum absolute atomic E-state index is 10.8. The van der Waals surface area contributed by atoms with Crippen molar-refractivity contribution in [1.29, 1.82) is 0 Å². The minimum atomic E-state index is -0.848.